The number of aliphatic imine (C=N–C) groups is 2. The van der Waals surface area contributed by atoms with E-state index in [2.05, 4.69) is 28.5 Å². The van der Waals surface area contributed by atoms with Crippen LogP contribution in [0, 0.1) is 10.8 Å². The third-order valence-electron chi connectivity index (χ3n) is 5.66. The second-order valence-electron chi connectivity index (χ2n) is 7.73. The molecule has 0 aromatic heterocycles. The van der Waals surface area contributed by atoms with E-state index in [0.29, 0.717) is 17.7 Å². The van der Waals surface area contributed by atoms with E-state index in [1.54, 1.807) is 13.8 Å². The van der Waals surface area contributed by atoms with Gasteiger partial charge in [-0.3, -0.25) is 4.99 Å². The van der Waals surface area contributed by atoms with E-state index in [0.717, 1.165) is 31.6 Å². The fraction of sp³-hybridized carbons (Fsp3) is 0.765. The van der Waals surface area contributed by atoms with Gasteiger partial charge in [-0.2, -0.15) is 0 Å². The Hall–Kier alpha value is -1.19. The molecule has 21 heavy (non-hydrogen) atoms. The van der Waals surface area contributed by atoms with E-state index in [-0.39, 0.29) is 5.41 Å². The summed E-state index contributed by atoms with van der Waals surface area (Å²) in [4.78, 5) is 11.4. The molecule has 2 fully saturated rings. The van der Waals surface area contributed by atoms with Gasteiger partial charge in [0.25, 0.3) is 0 Å². The summed E-state index contributed by atoms with van der Waals surface area (Å²) in [5, 5.41) is 0. The van der Waals surface area contributed by atoms with Gasteiger partial charge in [0.15, 0.2) is 0 Å². The van der Waals surface area contributed by atoms with Crippen LogP contribution in [-0.2, 0) is 0 Å². The first-order valence-corrected chi connectivity index (χ1v) is 7.93. The minimum absolute atomic E-state index is 0.120. The van der Waals surface area contributed by atoms with Crippen LogP contribution in [-0.4, -0.2) is 42.3 Å². The summed E-state index contributed by atoms with van der Waals surface area (Å²) in [5.41, 5.74) is -0.247. The molecule has 0 unspecified atom stereocenters. The van der Waals surface area contributed by atoms with Crippen LogP contribution in [0.25, 0.3) is 0 Å². The van der Waals surface area contributed by atoms with Crippen LogP contribution < -0.4 is 0 Å². The van der Waals surface area contributed by atoms with Crippen LogP contribution in [0.2, 0.25) is 0 Å². The summed E-state index contributed by atoms with van der Waals surface area (Å²) in [5.74, 6) is 0.934. The molecular weight excluding hydrogens is 265 g/mol. The zero-order valence-electron chi connectivity index (χ0n) is 13.5. The molecule has 0 spiro atoms. The summed E-state index contributed by atoms with van der Waals surface area (Å²) in [7, 11) is 2.09. The predicted molar refractivity (Wildman–Crippen MR) is 85.7 cm³/mol. The Kier molecular flexibility index (Phi) is 3.26. The van der Waals surface area contributed by atoms with Crippen LogP contribution in [0.3, 0.4) is 0 Å². The van der Waals surface area contributed by atoms with Gasteiger partial charge in [0.2, 0.25) is 0 Å². The lowest BCUT2D eigenvalue weighted by Gasteiger charge is -2.31. The first-order chi connectivity index (χ1) is 9.79. The lowest BCUT2D eigenvalue weighted by atomic mass is 9.81. The van der Waals surface area contributed by atoms with Crippen LogP contribution in [0.15, 0.2) is 22.8 Å². The highest BCUT2D eigenvalue weighted by atomic mass is 19.1. The number of alkyl halides is 1. The van der Waals surface area contributed by atoms with E-state index in [9.17, 15) is 4.39 Å². The van der Waals surface area contributed by atoms with Crippen molar-refractivity contribution in [2.24, 2.45) is 20.8 Å². The highest BCUT2D eigenvalue weighted by Gasteiger charge is 2.57. The lowest BCUT2D eigenvalue weighted by Crippen LogP contribution is -2.29. The highest BCUT2D eigenvalue weighted by Crippen LogP contribution is 2.62. The second kappa shape index (κ2) is 4.65. The normalized spacial score (nSPS) is 34.9. The molecule has 0 saturated heterocycles. The molecule has 2 bridgehead atoms. The van der Waals surface area contributed by atoms with Gasteiger partial charge in [0.1, 0.15) is 11.5 Å². The zero-order chi connectivity index (χ0) is 15.3. The molecule has 3 aliphatic rings. The molecule has 0 radical (unpaired) electrons. The Morgan fingerprint density at radius 3 is 2.52 bits per heavy atom. The number of hydrogen-bond acceptors (Lipinski definition) is 3. The van der Waals surface area contributed by atoms with E-state index >= 15 is 0 Å². The molecule has 2 saturated carbocycles. The third kappa shape index (κ3) is 2.43. The van der Waals surface area contributed by atoms with Crippen LogP contribution >= 0.6 is 0 Å². The molecule has 0 N–H and O–H groups in total. The Labute approximate surface area is 127 Å². The molecule has 0 amide bonds. The smallest absolute Gasteiger partial charge is 0.145 e. The zero-order valence-corrected chi connectivity index (χ0v) is 13.5. The minimum Gasteiger partial charge on any atom is -0.380 e. The molecule has 0 aromatic rings. The molecule has 1 heterocycles. The maximum atomic E-state index is 14.1. The Morgan fingerprint density at radius 2 is 2.00 bits per heavy atom. The summed E-state index contributed by atoms with van der Waals surface area (Å²) in [6, 6.07) is 0. The first-order valence-electron chi connectivity index (χ1n) is 7.93. The van der Waals surface area contributed by atoms with Crippen molar-refractivity contribution >= 4 is 11.5 Å². The minimum atomic E-state index is -1.35. The summed E-state index contributed by atoms with van der Waals surface area (Å²) >= 11 is 0. The Balaban J connectivity index is 1.77. The standard InChI is InChI=1S/C17H26FN3/c1-5-21(4)12-16-6-8-17(11-16,9-7-16)14-19-10-13(20-14)15(2,3)18/h5H,1,6-12H2,2-4H3. The molecule has 0 aromatic carbocycles. The second-order valence-corrected chi connectivity index (χ2v) is 7.73. The average Bonchev–Trinajstić information content (AvgIpc) is 3.10. The number of hydrogen-bond donors (Lipinski definition) is 0. The van der Waals surface area contributed by atoms with Crippen LogP contribution in [0.1, 0.15) is 46.0 Å². The van der Waals surface area contributed by atoms with Crippen molar-refractivity contribution in [3.63, 3.8) is 0 Å². The molecule has 1 aliphatic heterocycles. The van der Waals surface area contributed by atoms with Crippen molar-refractivity contribution in [1.29, 1.82) is 0 Å². The maximum Gasteiger partial charge on any atom is 0.145 e. The highest BCUT2D eigenvalue weighted by molar-refractivity contribution is 6.09. The Bertz CT molecular complexity index is 505. The number of nitrogens with zero attached hydrogens (tertiary/aromatic N) is 3. The summed E-state index contributed by atoms with van der Waals surface area (Å²) in [6.45, 7) is 8.52. The van der Waals surface area contributed by atoms with Gasteiger partial charge in [-0.15, -0.1) is 0 Å². The molecule has 3 rings (SSSR count). The number of halogens is 1. The van der Waals surface area contributed by atoms with E-state index in [4.69, 9.17) is 0 Å². The van der Waals surface area contributed by atoms with E-state index in [1.807, 2.05) is 6.20 Å². The molecule has 4 heteroatoms. The SMILES string of the molecule is C=CN(C)CC12CCC(C3=NCC(C(C)(C)F)=N3)(CC1)C2. The first kappa shape index (κ1) is 14.7. The van der Waals surface area contributed by atoms with Crippen molar-refractivity contribution in [3.8, 4) is 0 Å². The van der Waals surface area contributed by atoms with Gasteiger partial charge in [-0.25, -0.2) is 9.38 Å². The summed E-state index contributed by atoms with van der Waals surface area (Å²) < 4.78 is 14.1. The number of fused-ring (bicyclic) bond motifs is 2. The van der Waals surface area contributed by atoms with Crippen molar-refractivity contribution in [2.45, 2.75) is 51.6 Å². The van der Waals surface area contributed by atoms with Crippen molar-refractivity contribution in [1.82, 2.24) is 4.90 Å². The van der Waals surface area contributed by atoms with Crippen molar-refractivity contribution in [3.05, 3.63) is 12.8 Å². The molecule has 3 nitrogen and oxygen atoms in total. The Morgan fingerprint density at radius 1 is 1.33 bits per heavy atom. The fourth-order valence-electron chi connectivity index (χ4n) is 4.40. The predicted octanol–water partition coefficient (Wildman–Crippen LogP) is 3.61. The monoisotopic (exact) mass is 291 g/mol. The molecule has 0 atom stereocenters. The van der Waals surface area contributed by atoms with Gasteiger partial charge in [-0.1, -0.05) is 6.58 Å². The van der Waals surface area contributed by atoms with Crippen LogP contribution in [0.5, 0.6) is 0 Å². The largest absolute Gasteiger partial charge is 0.380 e. The van der Waals surface area contributed by atoms with Gasteiger partial charge in [0.05, 0.1) is 12.3 Å². The maximum absolute atomic E-state index is 14.1. The van der Waals surface area contributed by atoms with Gasteiger partial charge in [0, 0.05) is 19.0 Å². The molecular formula is C17H26FN3. The number of amidine groups is 1. The van der Waals surface area contributed by atoms with E-state index in [1.165, 1.54) is 12.8 Å². The fourth-order valence-corrected chi connectivity index (χ4v) is 4.40. The van der Waals surface area contributed by atoms with E-state index < -0.39 is 5.67 Å². The average molecular weight is 291 g/mol. The van der Waals surface area contributed by atoms with Gasteiger partial charge >= 0.3 is 0 Å². The van der Waals surface area contributed by atoms with Crippen molar-refractivity contribution in [2.75, 3.05) is 20.1 Å². The number of rotatable bonds is 5. The van der Waals surface area contributed by atoms with Gasteiger partial charge in [-0.05, 0) is 57.6 Å². The van der Waals surface area contributed by atoms with Gasteiger partial charge < -0.3 is 4.90 Å². The lowest BCUT2D eigenvalue weighted by molar-refractivity contribution is 0.218. The van der Waals surface area contributed by atoms with Crippen LogP contribution in [0.4, 0.5) is 4.39 Å². The summed E-state index contributed by atoms with van der Waals surface area (Å²) in [6.07, 6.45) is 7.82. The molecule has 116 valence electrons. The topological polar surface area (TPSA) is 28.0 Å². The third-order valence-corrected chi connectivity index (χ3v) is 5.66. The van der Waals surface area contributed by atoms with Crippen molar-refractivity contribution < 1.29 is 4.39 Å². The molecule has 2 aliphatic carbocycles. The quantitative estimate of drug-likeness (QED) is 0.760.